The van der Waals surface area contributed by atoms with Crippen LogP contribution in [0.15, 0.2) is 12.1 Å². The van der Waals surface area contributed by atoms with Gasteiger partial charge in [-0.15, -0.1) is 0 Å². The summed E-state index contributed by atoms with van der Waals surface area (Å²) in [6.45, 7) is 1.69. The molecule has 3 nitrogen and oxygen atoms in total. The fourth-order valence-electron chi connectivity index (χ4n) is 1.50. The topological polar surface area (TPSA) is 38.7 Å². The Morgan fingerprint density at radius 3 is 1.82 bits per heavy atom. The van der Waals surface area contributed by atoms with Gasteiger partial charge in [-0.25, -0.2) is 0 Å². The first-order valence-corrected chi connectivity index (χ1v) is 4.78. The zero-order chi connectivity index (χ0) is 13.2. The molecule has 0 heterocycles. The minimum atomic E-state index is -4.77. The summed E-state index contributed by atoms with van der Waals surface area (Å²) >= 11 is 0. The van der Waals surface area contributed by atoms with Crippen LogP contribution in [0.3, 0.4) is 0 Å². The Kier molecular flexibility index (Phi) is 3.87. The van der Waals surface area contributed by atoms with E-state index in [-0.39, 0.29) is 11.5 Å². The summed E-state index contributed by atoms with van der Waals surface area (Å²) in [4.78, 5) is 0. The third kappa shape index (κ3) is 2.82. The van der Waals surface area contributed by atoms with Crippen LogP contribution in [0, 0.1) is 6.92 Å². The average molecular weight is 250 g/mol. The van der Waals surface area contributed by atoms with E-state index < -0.39 is 17.8 Å². The Morgan fingerprint density at radius 2 is 1.53 bits per heavy atom. The normalized spacial score (nSPS) is 13.4. The maximum Gasteiger partial charge on any atom is 0.418 e. The van der Waals surface area contributed by atoms with E-state index in [0.29, 0.717) is 5.56 Å². The number of aryl methyl sites for hydroxylation is 1. The highest BCUT2D eigenvalue weighted by molar-refractivity contribution is 5.49. The molecule has 0 spiro atoms. The summed E-state index contributed by atoms with van der Waals surface area (Å²) in [6, 6.07) is 2.82. The Balaban J connectivity index is 3.38. The first-order chi connectivity index (χ1) is 7.81. The van der Waals surface area contributed by atoms with Crippen molar-refractivity contribution in [1.29, 1.82) is 0 Å². The Labute approximate surface area is 96.8 Å². The summed E-state index contributed by atoms with van der Waals surface area (Å²) < 4.78 is 47.2. The molecule has 6 heteroatoms. The van der Waals surface area contributed by atoms with E-state index in [1.807, 2.05) is 0 Å². The van der Waals surface area contributed by atoms with Gasteiger partial charge in [0.1, 0.15) is 11.5 Å². The van der Waals surface area contributed by atoms with Gasteiger partial charge in [-0.2, -0.15) is 13.2 Å². The number of halogens is 3. The number of hydrogen-bond acceptors (Lipinski definition) is 3. The van der Waals surface area contributed by atoms with Crippen LogP contribution < -0.4 is 9.47 Å². The molecule has 1 N–H and O–H groups in total. The molecular weight excluding hydrogens is 237 g/mol. The number of aliphatic hydroxyl groups excluding tert-OH is 1. The van der Waals surface area contributed by atoms with E-state index in [0.717, 1.165) is 0 Å². The number of alkyl halides is 3. The van der Waals surface area contributed by atoms with Crippen LogP contribution in [-0.2, 0) is 0 Å². The molecule has 1 rings (SSSR count). The second kappa shape index (κ2) is 4.83. The van der Waals surface area contributed by atoms with Crippen molar-refractivity contribution in [3.05, 3.63) is 23.3 Å². The highest BCUT2D eigenvalue weighted by Crippen LogP contribution is 2.42. The van der Waals surface area contributed by atoms with Gasteiger partial charge in [0, 0.05) is 0 Å². The molecule has 1 aromatic carbocycles. The zero-order valence-corrected chi connectivity index (χ0v) is 9.63. The second-order valence-electron chi connectivity index (χ2n) is 3.53. The Bertz CT molecular complexity index is 376. The SMILES string of the molecule is COc1cc(C)cc(OC)c1[C@H](O)C(F)(F)F. The predicted octanol–water partition coefficient (Wildman–Crippen LogP) is 2.61. The van der Waals surface area contributed by atoms with E-state index in [4.69, 9.17) is 9.47 Å². The smallest absolute Gasteiger partial charge is 0.418 e. The van der Waals surface area contributed by atoms with Gasteiger partial charge in [0.05, 0.1) is 19.8 Å². The van der Waals surface area contributed by atoms with Crippen LogP contribution in [0.1, 0.15) is 17.2 Å². The molecule has 0 aromatic heterocycles. The number of ether oxygens (including phenoxy) is 2. The third-order valence-electron chi connectivity index (χ3n) is 2.27. The first kappa shape index (κ1) is 13.6. The third-order valence-corrected chi connectivity index (χ3v) is 2.27. The molecule has 0 aliphatic carbocycles. The lowest BCUT2D eigenvalue weighted by Crippen LogP contribution is -2.21. The molecule has 17 heavy (non-hydrogen) atoms. The molecule has 0 bridgehead atoms. The van der Waals surface area contributed by atoms with E-state index in [9.17, 15) is 18.3 Å². The number of methoxy groups -OCH3 is 2. The molecule has 0 aliphatic heterocycles. The van der Waals surface area contributed by atoms with Gasteiger partial charge in [-0.1, -0.05) is 0 Å². The number of benzene rings is 1. The van der Waals surface area contributed by atoms with Crippen LogP contribution in [0.2, 0.25) is 0 Å². The van der Waals surface area contributed by atoms with Crippen LogP contribution in [0.5, 0.6) is 11.5 Å². The highest BCUT2D eigenvalue weighted by atomic mass is 19.4. The fraction of sp³-hybridized carbons (Fsp3) is 0.455. The van der Waals surface area contributed by atoms with Crippen molar-refractivity contribution >= 4 is 0 Å². The molecule has 0 amide bonds. The highest BCUT2D eigenvalue weighted by Gasteiger charge is 2.42. The number of rotatable bonds is 3. The minimum Gasteiger partial charge on any atom is -0.496 e. The maximum atomic E-state index is 12.5. The van der Waals surface area contributed by atoms with Gasteiger partial charge >= 0.3 is 6.18 Å². The van der Waals surface area contributed by atoms with Crippen LogP contribution in [0.25, 0.3) is 0 Å². The van der Waals surface area contributed by atoms with Gasteiger partial charge < -0.3 is 14.6 Å². The molecule has 0 fully saturated rings. The van der Waals surface area contributed by atoms with Gasteiger partial charge in [-0.3, -0.25) is 0 Å². The standard InChI is InChI=1S/C11H13F3O3/c1-6-4-7(16-2)9(8(5-6)17-3)10(15)11(12,13)14/h4-5,10,15H,1-3H3/t10-/m0/s1. The summed E-state index contributed by atoms with van der Waals surface area (Å²) in [5.41, 5.74) is 0.268. The molecule has 0 unspecified atom stereocenters. The monoisotopic (exact) mass is 250 g/mol. The molecule has 0 saturated heterocycles. The van der Waals surface area contributed by atoms with Crippen LogP contribution >= 0.6 is 0 Å². The molecule has 0 saturated carbocycles. The van der Waals surface area contributed by atoms with Gasteiger partial charge in [0.2, 0.25) is 0 Å². The lowest BCUT2D eigenvalue weighted by atomic mass is 10.0. The molecular formula is C11H13F3O3. The largest absolute Gasteiger partial charge is 0.496 e. The van der Waals surface area contributed by atoms with Crippen molar-refractivity contribution in [2.75, 3.05) is 14.2 Å². The van der Waals surface area contributed by atoms with Crippen molar-refractivity contribution in [3.63, 3.8) is 0 Å². The average Bonchev–Trinajstić information content (AvgIpc) is 2.25. The summed E-state index contributed by atoms with van der Waals surface area (Å²) in [5, 5.41) is 9.29. The quantitative estimate of drug-likeness (QED) is 0.896. The van der Waals surface area contributed by atoms with Gasteiger partial charge in [0.15, 0.2) is 6.10 Å². The van der Waals surface area contributed by atoms with Gasteiger partial charge in [-0.05, 0) is 24.6 Å². The Hall–Kier alpha value is -1.43. The molecule has 1 aromatic rings. The number of hydrogen-bond donors (Lipinski definition) is 1. The predicted molar refractivity (Wildman–Crippen MR) is 55.3 cm³/mol. The molecule has 0 aliphatic rings. The summed E-state index contributed by atoms with van der Waals surface area (Å²) in [5.74, 6) is -0.0987. The van der Waals surface area contributed by atoms with Crippen molar-refractivity contribution in [2.24, 2.45) is 0 Å². The summed E-state index contributed by atoms with van der Waals surface area (Å²) in [6.07, 6.45) is -7.40. The van der Waals surface area contributed by atoms with E-state index >= 15 is 0 Å². The van der Waals surface area contributed by atoms with Crippen molar-refractivity contribution in [3.8, 4) is 11.5 Å². The van der Waals surface area contributed by atoms with E-state index in [1.54, 1.807) is 6.92 Å². The molecule has 1 atom stereocenters. The molecule has 96 valence electrons. The zero-order valence-electron chi connectivity index (χ0n) is 9.63. The van der Waals surface area contributed by atoms with Crippen LogP contribution in [-0.4, -0.2) is 25.5 Å². The van der Waals surface area contributed by atoms with Crippen molar-refractivity contribution < 1.29 is 27.8 Å². The van der Waals surface area contributed by atoms with Gasteiger partial charge in [0.25, 0.3) is 0 Å². The van der Waals surface area contributed by atoms with Crippen molar-refractivity contribution in [2.45, 2.75) is 19.2 Å². The Morgan fingerprint density at radius 1 is 1.12 bits per heavy atom. The lowest BCUT2D eigenvalue weighted by Gasteiger charge is -2.20. The fourth-order valence-corrected chi connectivity index (χ4v) is 1.50. The van der Waals surface area contributed by atoms with Crippen molar-refractivity contribution in [1.82, 2.24) is 0 Å². The van der Waals surface area contributed by atoms with E-state index in [2.05, 4.69) is 0 Å². The lowest BCUT2D eigenvalue weighted by molar-refractivity contribution is -0.207. The first-order valence-electron chi connectivity index (χ1n) is 4.78. The number of aliphatic hydroxyl groups is 1. The molecule has 0 radical (unpaired) electrons. The second-order valence-corrected chi connectivity index (χ2v) is 3.53. The van der Waals surface area contributed by atoms with Crippen LogP contribution in [0.4, 0.5) is 13.2 Å². The summed E-state index contributed by atoms with van der Waals surface area (Å²) in [7, 11) is 2.47. The van der Waals surface area contributed by atoms with E-state index in [1.165, 1.54) is 26.4 Å². The minimum absolute atomic E-state index is 0.0494. The maximum absolute atomic E-state index is 12.5.